The Bertz CT molecular complexity index is 1500. The highest BCUT2D eigenvalue weighted by Crippen LogP contribution is 2.63. The van der Waals surface area contributed by atoms with Gasteiger partial charge in [0, 0.05) is 40.3 Å². The van der Waals surface area contributed by atoms with Gasteiger partial charge in [0.05, 0.1) is 40.2 Å². The van der Waals surface area contributed by atoms with Gasteiger partial charge in [-0.15, -0.1) is 11.3 Å². The van der Waals surface area contributed by atoms with Gasteiger partial charge in [0.25, 0.3) is 0 Å². The lowest BCUT2D eigenvalue weighted by Gasteiger charge is -2.27. The zero-order valence-corrected chi connectivity index (χ0v) is 22.3. The van der Waals surface area contributed by atoms with Crippen molar-refractivity contribution in [2.24, 2.45) is 23.2 Å². The van der Waals surface area contributed by atoms with Gasteiger partial charge in [-0.05, 0) is 54.0 Å². The molecule has 2 aromatic heterocycles. The predicted octanol–water partition coefficient (Wildman–Crippen LogP) is 4.40. The van der Waals surface area contributed by atoms with Crippen LogP contribution in [0.25, 0.3) is 21.3 Å². The first kappa shape index (κ1) is 23.3. The molecule has 2 N–H and O–H groups in total. The molecule has 2 saturated heterocycles. The number of halogens is 1. The van der Waals surface area contributed by atoms with Crippen molar-refractivity contribution in [2.75, 3.05) is 18.4 Å². The number of piperidine rings is 1. The van der Waals surface area contributed by atoms with Crippen molar-refractivity contribution in [3.05, 3.63) is 45.4 Å². The van der Waals surface area contributed by atoms with E-state index < -0.39 is 0 Å². The van der Waals surface area contributed by atoms with Crippen molar-refractivity contribution < 1.29 is 14.4 Å². The van der Waals surface area contributed by atoms with E-state index in [1.807, 2.05) is 32.0 Å². The highest BCUT2D eigenvalue weighted by Gasteiger charge is 2.72. The summed E-state index contributed by atoms with van der Waals surface area (Å²) in [6.45, 7) is 5.63. The molecule has 7 nitrogen and oxygen atoms in total. The van der Waals surface area contributed by atoms with Crippen LogP contribution in [0.4, 0.5) is 5.69 Å². The number of nitrogens with zero attached hydrogens (tertiary/aromatic N) is 2. The third-order valence-electron chi connectivity index (χ3n) is 8.71. The van der Waals surface area contributed by atoms with Gasteiger partial charge in [0.15, 0.2) is 0 Å². The standard InChI is InChI=1S/C28H27ClN4O3S/c1-28(2)21-22(28)27(36)33(26(21)35)12-14-8-20-24(37-14)17(6-7-31-20)18-9-19(29)15-4-3-5-16(15)23(18)32-25(34)13-10-30-11-13/h6-9,13,21-22,30H,3-5,10-12H2,1-2H3,(H,32,34). The third-order valence-corrected chi connectivity index (χ3v) is 10.2. The largest absolute Gasteiger partial charge is 0.325 e. The minimum Gasteiger partial charge on any atom is -0.325 e. The smallest absolute Gasteiger partial charge is 0.234 e. The number of carbonyl (C=O) groups excluding carboxylic acids is 3. The molecule has 2 unspecified atom stereocenters. The summed E-state index contributed by atoms with van der Waals surface area (Å²) < 4.78 is 0.955. The van der Waals surface area contributed by atoms with Crippen LogP contribution >= 0.6 is 22.9 Å². The lowest BCUT2D eigenvalue weighted by molar-refractivity contribution is -0.143. The molecule has 9 heteroatoms. The van der Waals surface area contributed by atoms with Gasteiger partial charge in [-0.1, -0.05) is 25.4 Å². The second-order valence-electron chi connectivity index (χ2n) is 11.3. The molecule has 0 radical (unpaired) electrons. The molecule has 0 bridgehead atoms. The molecule has 2 aliphatic carbocycles. The molecule has 2 aliphatic heterocycles. The number of benzene rings is 1. The van der Waals surface area contributed by atoms with Gasteiger partial charge < -0.3 is 10.6 Å². The summed E-state index contributed by atoms with van der Waals surface area (Å²) in [5, 5.41) is 7.14. The molecule has 4 aliphatic rings. The summed E-state index contributed by atoms with van der Waals surface area (Å²) in [4.78, 5) is 45.7. The Morgan fingerprint density at radius 1 is 1.16 bits per heavy atom. The van der Waals surface area contributed by atoms with E-state index in [1.54, 1.807) is 6.20 Å². The lowest BCUT2D eigenvalue weighted by Crippen LogP contribution is -2.48. The highest BCUT2D eigenvalue weighted by molar-refractivity contribution is 7.19. The SMILES string of the molecule is CC1(C)C2C(=O)N(Cc3cc4nccc(-c5cc(Cl)c6c(c5NC(=O)C5CNC5)CCC6)c4s3)C(=O)C21. The Balaban J connectivity index is 1.27. The Labute approximate surface area is 223 Å². The van der Waals surface area contributed by atoms with Crippen LogP contribution in [-0.4, -0.2) is 40.7 Å². The quantitative estimate of drug-likeness (QED) is 0.473. The van der Waals surface area contributed by atoms with Crippen LogP contribution in [0.15, 0.2) is 24.4 Å². The van der Waals surface area contributed by atoms with Crippen molar-refractivity contribution in [2.45, 2.75) is 39.7 Å². The summed E-state index contributed by atoms with van der Waals surface area (Å²) in [6, 6.07) is 5.89. The molecular weight excluding hydrogens is 508 g/mol. The molecule has 1 saturated carbocycles. The van der Waals surface area contributed by atoms with E-state index in [-0.39, 0.29) is 47.4 Å². The van der Waals surface area contributed by atoms with Crippen LogP contribution in [0.2, 0.25) is 5.02 Å². The van der Waals surface area contributed by atoms with Crippen molar-refractivity contribution in [1.29, 1.82) is 0 Å². The summed E-state index contributed by atoms with van der Waals surface area (Å²) in [6.07, 6.45) is 4.57. The monoisotopic (exact) mass is 534 g/mol. The molecule has 190 valence electrons. The first-order valence-corrected chi connectivity index (χ1v) is 14.0. The second kappa shape index (κ2) is 8.09. The summed E-state index contributed by atoms with van der Waals surface area (Å²) in [5.41, 5.74) is 5.52. The van der Waals surface area contributed by atoms with E-state index in [0.717, 1.165) is 67.3 Å². The van der Waals surface area contributed by atoms with Crippen molar-refractivity contribution >= 4 is 56.6 Å². The molecule has 0 spiro atoms. The Hall–Kier alpha value is -2.81. The van der Waals surface area contributed by atoms with Gasteiger partial charge >= 0.3 is 0 Å². The van der Waals surface area contributed by atoms with Crippen LogP contribution in [0.1, 0.15) is 36.3 Å². The average Bonchev–Trinajstić information content (AvgIpc) is 3.25. The number of hydrogen-bond acceptors (Lipinski definition) is 6. The first-order chi connectivity index (χ1) is 17.8. The highest BCUT2D eigenvalue weighted by atomic mass is 35.5. The van der Waals surface area contributed by atoms with Crippen LogP contribution in [-0.2, 0) is 33.8 Å². The molecular formula is C28H27ClN4O3S. The van der Waals surface area contributed by atoms with E-state index in [4.69, 9.17) is 11.6 Å². The molecule has 4 heterocycles. The van der Waals surface area contributed by atoms with Gasteiger partial charge in [-0.3, -0.25) is 24.3 Å². The van der Waals surface area contributed by atoms with Crippen molar-refractivity contribution in [3.63, 3.8) is 0 Å². The molecule has 7 rings (SSSR count). The normalized spacial score (nSPS) is 23.8. The van der Waals surface area contributed by atoms with Crippen molar-refractivity contribution in [3.8, 4) is 11.1 Å². The molecule has 3 fully saturated rings. The number of likely N-dealkylation sites (tertiary alicyclic amines) is 1. The Morgan fingerprint density at radius 3 is 2.59 bits per heavy atom. The van der Waals surface area contributed by atoms with E-state index >= 15 is 0 Å². The van der Waals surface area contributed by atoms with E-state index in [0.29, 0.717) is 13.1 Å². The maximum atomic E-state index is 13.0. The molecule has 37 heavy (non-hydrogen) atoms. The van der Waals surface area contributed by atoms with E-state index in [1.165, 1.54) is 16.2 Å². The number of fused-ring (bicyclic) bond motifs is 3. The topological polar surface area (TPSA) is 91.4 Å². The Morgan fingerprint density at radius 2 is 1.89 bits per heavy atom. The van der Waals surface area contributed by atoms with E-state index in [9.17, 15) is 14.4 Å². The summed E-state index contributed by atoms with van der Waals surface area (Å²) in [5.74, 6) is -0.500. The zero-order chi connectivity index (χ0) is 25.6. The number of imide groups is 1. The minimum atomic E-state index is -0.219. The van der Waals surface area contributed by atoms with Gasteiger partial charge in [0.1, 0.15) is 0 Å². The summed E-state index contributed by atoms with van der Waals surface area (Å²) >= 11 is 8.30. The number of anilines is 1. The fraction of sp³-hybridized carbons (Fsp3) is 0.429. The number of carbonyl (C=O) groups is 3. The maximum absolute atomic E-state index is 13.0. The minimum absolute atomic E-state index is 0.0288. The van der Waals surface area contributed by atoms with E-state index in [2.05, 4.69) is 15.6 Å². The third kappa shape index (κ3) is 3.42. The first-order valence-electron chi connectivity index (χ1n) is 12.8. The van der Waals surface area contributed by atoms with Crippen LogP contribution < -0.4 is 10.6 Å². The maximum Gasteiger partial charge on any atom is 0.234 e. The Kier molecular flexibility index (Phi) is 5.10. The molecule has 3 aromatic rings. The molecule has 3 amide bonds. The lowest BCUT2D eigenvalue weighted by atomic mass is 9.96. The fourth-order valence-electron chi connectivity index (χ4n) is 6.38. The van der Waals surface area contributed by atoms with Crippen molar-refractivity contribution in [1.82, 2.24) is 15.2 Å². The van der Waals surface area contributed by atoms with Crippen LogP contribution in [0.3, 0.4) is 0 Å². The van der Waals surface area contributed by atoms with Gasteiger partial charge in [-0.25, -0.2) is 0 Å². The number of thiophene rings is 1. The number of pyridine rings is 1. The summed E-state index contributed by atoms with van der Waals surface area (Å²) in [7, 11) is 0. The number of aromatic nitrogens is 1. The van der Waals surface area contributed by atoms with Gasteiger partial charge in [0.2, 0.25) is 17.7 Å². The van der Waals surface area contributed by atoms with Crippen LogP contribution in [0, 0.1) is 23.2 Å². The van der Waals surface area contributed by atoms with Crippen LogP contribution in [0.5, 0.6) is 0 Å². The number of amides is 3. The predicted molar refractivity (Wildman–Crippen MR) is 143 cm³/mol. The number of nitrogens with one attached hydrogen (secondary N) is 2. The average molecular weight is 535 g/mol. The number of hydrogen-bond donors (Lipinski definition) is 2. The fourth-order valence-corrected chi connectivity index (χ4v) is 7.83. The molecule has 2 atom stereocenters. The zero-order valence-electron chi connectivity index (χ0n) is 20.7. The van der Waals surface area contributed by atoms with Gasteiger partial charge in [-0.2, -0.15) is 0 Å². The number of rotatable bonds is 5. The molecule has 1 aromatic carbocycles. The second-order valence-corrected chi connectivity index (χ2v) is 12.8.